The summed E-state index contributed by atoms with van der Waals surface area (Å²) in [4.78, 5) is 24.8. The van der Waals surface area contributed by atoms with Gasteiger partial charge in [0.1, 0.15) is 11.5 Å². The summed E-state index contributed by atoms with van der Waals surface area (Å²) < 4.78 is 12.8. The van der Waals surface area contributed by atoms with Gasteiger partial charge in [-0.15, -0.1) is 0 Å². The van der Waals surface area contributed by atoms with Gasteiger partial charge in [-0.25, -0.2) is 0 Å². The third kappa shape index (κ3) is 8.94. The average Bonchev–Trinajstić information content (AvgIpc) is 2.75. The molecule has 33 heavy (non-hydrogen) atoms. The number of carbonyl (C=O) groups excluding carboxylic acids is 2. The third-order valence-corrected chi connectivity index (χ3v) is 5.60. The Bertz CT molecular complexity index is 1020. The zero-order chi connectivity index (χ0) is 24.5. The Morgan fingerprint density at radius 2 is 1.67 bits per heavy atom. The van der Waals surface area contributed by atoms with Crippen molar-refractivity contribution in [1.82, 2.24) is 16.2 Å². The van der Waals surface area contributed by atoms with E-state index in [0.717, 1.165) is 14.5 Å². The normalized spacial score (nSPS) is 10.7. The smallest absolute Gasteiger partial charge is 0.276 e. The molecule has 0 saturated heterocycles. The zero-order valence-corrected chi connectivity index (χ0v) is 22.8. The van der Waals surface area contributed by atoms with Crippen LogP contribution in [0.25, 0.3) is 0 Å². The number of ether oxygens (including phenoxy) is 2. The summed E-state index contributed by atoms with van der Waals surface area (Å²) in [6, 6.07) is 10.9. The van der Waals surface area contributed by atoms with Crippen molar-refractivity contribution < 1.29 is 19.1 Å². The lowest BCUT2D eigenvalue weighted by Gasteiger charge is -2.15. The summed E-state index contributed by atoms with van der Waals surface area (Å²) in [5, 5.41) is 2.46. The number of halogens is 2. The standard InChI is InChI=1S/C23H27Br2N3O4S/c1-13(2)11-31-19-8-6-16(24)10-17(19)22(30)26-23(33)28-27-21(29)12-32-20-7-5-15(14(3)4)9-18(20)25/h5-10,13-14H,11-12H2,1-4H3,(H,27,29)(H2,26,28,30,33). The van der Waals surface area contributed by atoms with E-state index < -0.39 is 11.8 Å². The topological polar surface area (TPSA) is 88.7 Å². The second kappa shape index (κ2) is 12.9. The van der Waals surface area contributed by atoms with Crippen LogP contribution in [0.1, 0.15) is 49.5 Å². The van der Waals surface area contributed by atoms with Crippen LogP contribution in [-0.4, -0.2) is 30.1 Å². The highest BCUT2D eigenvalue weighted by atomic mass is 79.9. The minimum absolute atomic E-state index is 0.0643. The van der Waals surface area contributed by atoms with Gasteiger partial charge in [-0.3, -0.25) is 25.8 Å². The molecule has 2 aromatic rings. The largest absolute Gasteiger partial charge is 0.492 e. The third-order valence-electron chi connectivity index (χ3n) is 4.28. The maximum atomic E-state index is 12.7. The van der Waals surface area contributed by atoms with Gasteiger partial charge in [0.2, 0.25) is 0 Å². The van der Waals surface area contributed by atoms with Gasteiger partial charge in [-0.2, -0.15) is 0 Å². The number of hydrazine groups is 1. The number of thiocarbonyl (C=S) groups is 1. The fourth-order valence-electron chi connectivity index (χ4n) is 2.56. The Morgan fingerprint density at radius 3 is 2.30 bits per heavy atom. The number of nitrogens with one attached hydrogen (secondary N) is 3. The number of rotatable bonds is 8. The molecule has 3 N–H and O–H groups in total. The van der Waals surface area contributed by atoms with Crippen LogP contribution < -0.4 is 25.6 Å². The lowest BCUT2D eigenvalue weighted by atomic mass is 10.0. The van der Waals surface area contributed by atoms with Crippen molar-refractivity contribution in [2.75, 3.05) is 13.2 Å². The van der Waals surface area contributed by atoms with Gasteiger partial charge in [-0.05, 0) is 75.9 Å². The Hall–Kier alpha value is -2.17. The summed E-state index contributed by atoms with van der Waals surface area (Å²) in [7, 11) is 0. The molecule has 7 nitrogen and oxygen atoms in total. The van der Waals surface area contributed by atoms with E-state index in [1.54, 1.807) is 18.2 Å². The molecule has 0 fully saturated rings. The first-order valence-electron chi connectivity index (χ1n) is 10.3. The molecule has 0 saturated carbocycles. The van der Waals surface area contributed by atoms with Crippen molar-refractivity contribution in [1.29, 1.82) is 0 Å². The van der Waals surface area contributed by atoms with E-state index in [9.17, 15) is 9.59 Å². The number of hydrogen-bond acceptors (Lipinski definition) is 5. The fourth-order valence-corrected chi connectivity index (χ4v) is 3.58. The summed E-state index contributed by atoms with van der Waals surface area (Å²) in [6.07, 6.45) is 0. The highest BCUT2D eigenvalue weighted by Gasteiger charge is 2.16. The molecule has 0 radical (unpaired) electrons. The van der Waals surface area contributed by atoms with Crippen LogP contribution in [0.5, 0.6) is 11.5 Å². The molecule has 2 rings (SSSR count). The molecule has 0 bridgehead atoms. The van der Waals surface area contributed by atoms with Crippen molar-refractivity contribution in [3.05, 3.63) is 56.5 Å². The monoisotopic (exact) mass is 599 g/mol. The van der Waals surface area contributed by atoms with Gasteiger partial charge in [0, 0.05) is 4.47 Å². The van der Waals surface area contributed by atoms with Gasteiger partial charge in [-0.1, -0.05) is 49.7 Å². The Labute approximate surface area is 216 Å². The Balaban J connectivity index is 1.86. The van der Waals surface area contributed by atoms with E-state index >= 15 is 0 Å². The fraction of sp³-hybridized carbons (Fsp3) is 0.348. The molecule has 0 aliphatic carbocycles. The second-order valence-corrected chi connectivity index (χ2v) is 10.1. The van der Waals surface area contributed by atoms with Gasteiger partial charge in [0.05, 0.1) is 16.6 Å². The highest BCUT2D eigenvalue weighted by molar-refractivity contribution is 9.10. The number of benzene rings is 2. The van der Waals surface area contributed by atoms with Gasteiger partial charge < -0.3 is 9.47 Å². The second-order valence-electron chi connectivity index (χ2n) is 7.93. The quantitative estimate of drug-likeness (QED) is 0.289. The van der Waals surface area contributed by atoms with E-state index in [1.165, 1.54) is 0 Å². The summed E-state index contributed by atoms with van der Waals surface area (Å²) in [5.74, 6) is 0.752. The molecule has 0 heterocycles. The van der Waals surface area contributed by atoms with Crippen LogP contribution in [0, 0.1) is 5.92 Å². The molecule has 2 aromatic carbocycles. The summed E-state index contributed by atoms with van der Waals surface area (Å²) in [6.45, 7) is 8.46. The number of hydrogen-bond donors (Lipinski definition) is 3. The van der Waals surface area contributed by atoms with Gasteiger partial charge >= 0.3 is 0 Å². The zero-order valence-electron chi connectivity index (χ0n) is 18.8. The Kier molecular flexibility index (Phi) is 10.6. The average molecular weight is 601 g/mol. The Morgan fingerprint density at radius 1 is 0.970 bits per heavy atom. The molecule has 0 spiro atoms. The molecule has 10 heteroatoms. The van der Waals surface area contributed by atoms with E-state index in [2.05, 4.69) is 61.9 Å². The van der Waals surface area contributed by atoms with Gasteiger partial charge in [0.25, 0.3) is 11.8 Å². The lowest BCUT2D eigenvalue weighted by molar-refractivity contribution is -0.123. The van der Waals surface area contributed by atoms with E-state index in [0.29, 0.717) is 35.5 Å². The van der Waals surface area contributed by atoms with Crippen LogP contribution in [0.4, 0.5) is 0 Å². The molecule has 0 aliphatic rings. The summed E-state index contributed by atoms with van der Waals surface area (Å²) in [5.41, 5.74) is 6.37. The molecular weight excluding hydrogens is 574 g/mol. The predicted octanol–water partition coefficient (Wildman–Crippen LogP) is 5.08. The first-order chi connectivity index (χ1) is 15.6. The minimum atomic E-state index is -0.466. The molecule has 0 aliphatic heterocycles. The predicted molar refractivity (Wildman–Crippen MR) is 140 cm³/mol. The van der Waals surface area contributed by atoms with Crippen molar-refractivity contribution >= 4 is 61.0 Å². The highest BCUT2D eigenvalue weighted by Crippen LogP contribution is 2.29. The van der Waals surface area contributed by atoms with Crippen LogP contribution in [0.2, 0.25) is 0 Å². The SMILES string of the molecule is CC(C)COc1ccc(Br)cc1C(=O)NC(=S)NNC(=O)COc1ccc(C(C)C)cc1Br. The molecule has 0 unspecified atom stereocenters. The van der Waals surface area contributed by atoms with Crippen LogP contribution in [0.3, 0.4) is 0 Å². The number of amides is 2. The van der Waals surface area contributed by atoms with E-state index in [1.807, 2.05) is 32.0 Å². The van der Waals surface area contributed by atoms with Crippen molar-refractivity contribution in [3.8, 4) is 11.5 Å². The van der Waals surface area contributed by atoms with Crippen LogP contribution >= 0.6 is 44.1 Å². The first-order valence-corrected chi connectivity index (χ1v) is 12.3. The molecule has 0 aromatic heterocycles. The number of carbonyl (C=O) groups is 2. The van der Waals surface area contributed by atoms with Crippen molar-refractivity contribution in [2.24, 2.45) is 5.92 Å². The molecule has 0 atom stereocenters. The van der Waals surface area contributed by atoms with Crippen LogP contribution in [0.15, 0.2) is 45.3 Å². The minimum Gasteiger partial charge on any atom is -0.492 e. The lowest BCUT2D eigenvalue weighted by Crippen LogP contribution is -2.49. The molecule has 2 amide bonds. The van der Waals surface area contributed by atoms with Gasteiger partial charge in [0.15, 0.2) is 11.7 Å². The first kappa shape index (κ1) is 27.1. The summed E-state index contributed by atoms with van der Waals surface area (Å²) >= 11 is 11.9. The van der Waals surface area contributed by atoms with Crippen LogP contribution in [-0.2, 0) is 4.79 Å². The molecule has 178 valence electrons. The van der Waals surface area contributed by atoms with E-state index in [4.69, 9.17) is 21.7 Å². The van der Waals surface area contributed by atoms with E-state index in [-0.39, 0.29) is 11.7 Å². The molecular formula is C23H27Br2N3O4S. The van der Waals surface area contributed by atoms with Crippen molar-refractivity contribution in [2.45, 2.75) is 33.6 Å². The van der Waals surface area contributed by atoms with Crippen molar-refractivity contribution in [3.63, 3.8) is 0 Å². The maximum absolute atomic E-state index is 12.7. The maximum Gasteiger partial charge on any atom is 0.276 e.